The summed E-state index contributed by atoms with van der Waals surface area (Å²) in [6.45, 7) is 7.87. The molecule has 0 radical (unpaired) electrons. The van der Waals surface area contributed by atoms with Crippen molar-refractivity contribution in [3.8, 4) is 0 Å². The number of benzene rings is 1. The average molecular weight is 227 g/mol. The fourth-order valence-corrected chi connectivity index (χ4v) is 2.33. The van der Waals surface area contributed by atoms with Crippen LogP contribution in [0.5, 0.6) is 0 Å². The van der Waals surface area contributed by atoms with E-state index in [1.54, 1.807) is 6.07 Å². The van der Waals surface area contributed by atoms with E-state index in [9.17, 15) is 10.0 Å². The summed E-state index contributed by atoms with van der Waals surface area (Å²) in [6, 6.07) is 3.60. The molecule has 82 valence electrons. The molecule has 2 N–H and O–H groups in total. The molecular weight excluding hydrogens is 210 g/mol. The van der Waals surface area contributed by atoms with Gasteiger partial charge in [-0.25, -0.2) is 0 Å². The Morgan fingerprint density at radius 3 is 2.13 bits per heavy atom. The zero-order valence-electron chi connectivity index (χ0n) is 9.50. The third-order valence-corrected chi connectivity index (χ3v) is 2.59. The van der Waals surface area contributed by atoms with Gasteiger partial charge in [0.15, 0.2) is 0 Å². The normalized spacial score (nSPS) is 11.7. The first kappa shape index (κ1) is 12.6. The van der Waals surface area contributed by atoms with Gasteiger partial charge in [-0.2, -0.15) is 0 Å². The second-order valence-corrected chi connectivity index (χ2v) is 5.24. The summed E-state index contributed by atoms with van der Waals surface area (Å²) in [7, 11) is -1.48. The van der Waals surface area contributed by atoms with Gasteiger partial charge in [-0.15, -0.1) is 0 Å². The maximum Gasteiger partial charge on any atom is 0.488 e. The molecule has 0 amide bonds. The van der Waals surface area contributed by atoms with Crippen LogP contribution in [-0.4, -0.2) is 17.2 Å². The molecule has 0 unspecified atom stereocenters. The van der Waals surface area contributed by atoms with Crippen molar-refractivity contribution in [2.45, 2.75) is 33.1 Å². The van der Waals surface area contributed by atoms with Gasteiger partial charge in [0.25, 0.3) is 0 Å². The molecule has 0 aromatic heterocycles. The molecule has 0 aliphatic heterocycles. The first-order chi connectivity index (χ1) is 6.73. The van der Waals surface area contributed by atoms with E-state index in [-0.39, 0.29) is 5.41 Å². The Kier molecular flexibility index (Phi) is 3.49. The van der Waals surface area contributed by atoms with Crippen LogP contribution in [0.2, 0.25) is 5.02 Å². The molecule has 0 bridgehead atoms. The summed E-state index contributed by atoms with van der Waals surface area (Å²) in [5, 5.41) is 19.2. The van der Waals surface area contributed by atoms with E-state index in [2.05, 4.69) is 0 Å². The molecule has 0 atom stereocenters. The lowest BCUT2D eigenvalue weighted by molar-refractivity contribution is 0.424. The average Bonchev–Trinajstić information content (AvgIpc) is 1.99. The van der Waals surface area contributed by atoms with Gasteiger partial charge in [0.05, 0.1) is 0 Å². The Balaban J connectivity index is 3.48. The smallest absolute Gasteiger partial charge is 0.423 e. The molecule has 4 heteroatoms. The van der Waals surface area contributed by atoms with Gasteiger partial charge in [-0.1, -0.05) is 38.4 Å². The van der Waals surface area contributed by atoms with Crippen molar-refractivity contribution in [3.05, 3.63) is 28.3 Å². The van der Waals surface area contributed by atoms with Crippen LogP contribution in [-0.2, 0) is 5.41 Å². The minimum Gasteiger partial charge on any atom is -0.423 e. The summed E-state index contributed by atoms with van der Waals surface area (Å²) in [4.78, 5) is 0. The zero-order valence-corrected chi connectivity index (χ0v) is 10.3. The van der Waals surface area contributed by atoms with Crippen LogP contribution < -0.4 is 5.46 Å². The SMILES string of the molecule is Cc1cc(Cl)c(C(C)(C)C)c(B(O)O)c1. The van der Waals surface area contributed by atoms with E-state index < -0.39 is 7.12 Å². The lowest BCUT2D eigenvalue weighted by Gasteiger charge is -2.24. The minimum absolute atomic E-state index is 0.205. The standard InChI is InChI=1S/C11H16BClO2/c1-7-5-8(12(14)15)10(9(13)6-7)11(2,3)4/h5-6,14-15H,1-4H3. The third kappa shape index (κ3) is 2.74. The molecular formula is C11H16BClO2. The largest absolute Gasteiger partial charge is 0.488 e. The van der Waals surface area contributed by atoms with Crippen LogP contribution in [0.1, 0.15) is 31.9 Å². The number of halogens is 1. The monoisotopic (exact) mass is 226 g/mol. The number of rotatable bonds is 1. The fraction of sp³-hybridized carbons (Fsp3) is 0.455. The van der Waals surface area contributed by atoms with Crippen molar-refractivity contribution < 1.29 is 10.0 Å². The summed E-state index contributed by atoms with van der Waals surface area (Å²) < 4.78 is 0. The molecule has 2 nitrogen and oxygen atoms in total. The quantitative estimate of drug-likeness (QED) is 0.715. The van der Waals surface area contributed by atoms with Crippen LogP contribution in [0.4, 0.5) is 0 Å². The Morgan fingerprint density at radius 2 is 1.73 bits per heavy atom. The summed E-state index contributed by atoms with van der Waals surface area (Å²) in [6.07, 6.45) is 0. The molecule has 1 rings (SSSR count). The number of hydrogen-bond donors (Lipinski definition) is 2. The van der Waals surface area contributed by atoms with E-state index in [0.717, 1.165) is 11.1 Å². The zero-order chi connectivity index (χ0) is 11.8. The first-order valence-corrected chi connectivity index (χ1v) is 5.28. The lowest BCUT2D eigenvalue weighted by Crippen LogP contribution is -2.37. The molecule has 0 aliphatic rings. The van der Waals surface area contributed by atoms with Gasteiger partial charge in [-0.3, -0.25) is 0 Å². The number of hydrogen-bond acceptors (Lipinski definition) is 2. The van der Waals surface area contributed by atoms with Crippen LogP contribution in [0, 0.1) is 6.92 Å². The van der Waals surface area contributed by atoms with E-state index in [1.165, 1.54) is 0 Å². The maximum atomic E-state index is 9.31. The first-order valence-electron chi connectivity index (χ1n) is 4.90. The van der Waals surface area contributed by atoms with Crippen molar-refractivity contribution >= 4 is 24.2 Å². The molecule has 0 saturated heterocycles. The van der Waals surface area contributed by atoms with Crippen molar-refractivity contribution in [2.75, 3.05) is 0 Å². The predicted octanol–water partition coefficient (Wildman–Crippen LogP) is 1.63. The van der Waals surface area contributed by atoms with Crippen LogP contribution in [0.3, 0.4) is 0 Å². The molecule has 0 heterocycles. The molecule has 1 aromatic rings. The molecule has 0 spiro atoms. The summed E-state index contributed by atoms with van der Waals surface area (Å²) in [5.41, 5.74) is 2.01. The summed E-state index contributed by atoms with van der Waals surface area (Å²) >= 11 is 6.14. The molecule has 0 aliphatic carbocycles. The van der Waals surface area contributed by atoms with Crippen molar-refractivity contribution in [1.29, 1.82) is 0 Å². The Hall–Kier alpha value is -0.505. The fourth-order valence-electron chi connectivity index (χ4n) is 1.76. The van der Waals surface area contributed by atoms with Crippen molar-refractivity contribution in [2.24, 2.45) is 0 Å². The molecule has 1 aromatic carbocycles. The second-order valence-electron chi connectivity index (χ2n) is 4.83. The highest BCUT2D eigenvalue weighted by atomic mass is 35.5. The highest BCUT2D eigenvalue weighted by molar-refractivity contribution is 6.59. The van der Waals surface area contributed by atoms with E-state index >= 15 is 0 Å². The van der Waals surface area contributed by atoms with Gasteiger partial charge >= 0.3 is 7.12 Å². The highest BCUT2D eigenvalue weighted by Crippen LogP contribution is 2.28. The summed E-state index contributed by atoms with van der Waals surface area (Å²) in [5.74, 6) is 0. The van der Waals surface area contributed by atoms with Crippen LogP contribution >= 0.6 is 11.6 Å². The van der Waals surface area contributed by atoms with E-state index in [1.807, 2.05) is 33.8 Å². The van der Waals surface area contributed by atoms with Gasteiger partial charge in [0, 0.05) is 5.02 Å². The Labute approximate surface area is 96.0 Å². The second kappa shape index (κ2) is 4.16. The Morgan fingerprint density at radius 1 is 1.20 bits per heavy atom. The van der Waals surface area contributed by atoms with Crippen LogP contribution in [0.25, 0.3) is 0 Å². The maximum absolute atomic E-state index is 9.31. The molecule has 0 fully saturated rings. The van der Waals surface area contributed by atoms with Crippen LogP contribution in [0.15, 0.2) is 12.1 Å². The van der Waals surface area contributed by atoms with Crippen molar-refractivity contribution in [1.82, 2.24) is 0 Å². The topological polar surface area (TPSA) is 40.5 Å². The van der Waals surface area contributed by atoms with E-state index in [4.69, 9.17) is 11.6 Å². The predicted molar refractivity (Wildman–Crippen MR) is 64.7 cm³/mol. The Bertz CT molecular complexity index is 370. The molecule has 15 heavy (non-hydrogen) atoms. The lowest BCUT2D eigenvalue weighted by atomic mass is 9.70. The molecule has 0 saturated carbocycles. The minimum atomic E-state index is -1.48. The highest BCUT2D eigenvalue weighted by Gasteiger charge is 2.26. The number of aryl methyl sites for hydroxylation is 1. The van der Waals surface area contributed by atoms with Gasteiger partial charge < -0.3 is 10.0 Å². The van der Waals surface area contributed by atoms with Gasteiger partial charge in [0.2, 0.25) is 0 Å². The van der Waals surface area contributed by atoms with Crippen molar-refractivity contribution in [3.63, 3.8) is 0 Å². The van der Waals surface area contributed by atoms with Gasteiger partial charge in [-0.05, 0) is 35.0 Å². The van der Waals surface area contributed by atoms with Gasteiger partial charge in [0.1, 0.15) is 0 Å². The van der Waals surface area contributed by atoms with E-state index in [0.29, 0.717) is 10.5 Å². The third-order valence-electron chi connectivity index (χ3n) is 2.29.